The molecule has 1 unspecified atom stereocenters. The number of hydrogen-bond donors (Lipinski definition) is 0. The van der Waals surface area contributed by atoms with Crippen LogP contribution in [0.4, 0.5) is 0 Å². The summed E-state index contributed by atoms with van der Waals surface area (Å²) < 4.78 is 4.93. The van der Waals surface area contributed by atoms with Crippen LogP contribution in [0.2, 0.25) is 0 Å². The second-order valence-electron chi connectivity index (χ2n) is 4.34. The zero-order chi connectivity index (χ0) is 12.7. The van der Waals surface area contributed by atoms with Gasteiger partial charge >= 0.3 is 5.97 Å². The summed E-state index contributed by atoms with van der Waals surface area (Å²) in [5.74, 6) is -0.583. The molecule has 2 aliphatic rings. The molecule has 90 valence electrons. The van der Waals surface area contributed by atoms with Gasteiger partial charge in [0, 0.05) is 11.5 Å². The van der Waals surface area contributed by atoms with Gasteiger partial charge in [-0.1, -0.05) is 30.3 Å². The van der Waals surface area contributed by atoms with Crippen molar-refractivity contribution in [2.45, 2.75) is 12.8 Å². The summed E-state index contributed by atoms with van der Waals surface area (Å²) in [5.41, 5.74) is 2.74. The summed E-state index contributed by atoms with van der Waals surface area (Å²) in [7, 11) is 0. The van der Waals surface area contributed by atoms with E-state index in [1.807, 2.05) is 24.3 Å². The molecule has 0 spiro atoms. The lowest BCUT2D eigenvalue weighted by atomic mass is 9.97. The fraction of sp³-hybridized carbons (Fsp3) is 0.200. The SMILES string of the molecule is CCOC(=O)C1=CC2=CC2c2ccccc2C1=O. The van der Waals surface area contributed by atoms with Crippen molar-refractivity contribution in [3.63, 3.8) is 0 Å². The first-order valence-electron chi connectivity index (χ1n) is 5.96. The largest absolute Gasteiger partial charge is 0.462 e. The van der Waals surface area contributed by atoms with Gasteiger partial charge in [0.2, 0.25) is 5.78 Å². The van der Waals surface area contributed by atoms with E-state index in [4.69, 9.17) is 4.74 Å². The molecule has 0 radical (unpaired) electrons. The Bertz CT molecular complexity index is 608. The molecule has 0 fully saturated rings. The molecule has 0 saturated carbocycles. The highest BCUT2D eigenvalue weighted by Crippen LogP contribution is 2.44. The van der Waals surface area contributed by atoms with Crippen LogP contribution in [0.1, 0.15) is 28.8 Å². The minimum absolute atomic E-state index is 0.135. The summed E-state index contributed by atoms with van der Waals surface area (Å²) in [5, 5.41) is 0. The van der Waals surface area contributed by atoms with Crippen LogP contribution in [-0.4, -0.2) is 18.4 Å². The van der Waals surface area contributed by atoms with E-state index in [0.29, 0.717) is 5.56 Å². The van der Waals surface area contributed by atoms with Gasteiger partial charge in [0.1, 0.15) is 5.57 Å². The molecule has 3 nitrogen and oxygen atoms in total. The maximum absolute atomic E-state index is 12.3. The van der Waals surface area contributed by atoms with Crippen LogP contribution in [0.15, 0.2) is 47.6 Å². The van der Waals surface area contributed by atoms with Gasteiger partial charge in [-0.25, -0.2) is 4.79 Å². The Kier molecular flexibility index (Phi) is 2.40. The van der Waals surface area contributed by atoms with Crippen molar-refractivity contribution in [2.75, 3.05) is 6.61 Å². The quantitative estimate of drug-likeness (QED) is 0.589. The number of benzene rings is 1. The molecule has 3 heteroatoms. The minimum Gasteiger partial charge on any atom is -0.462 e. The molecule has 1 atom stereocenters. The number of carbonyl (C=O) groups excluding carboxylic acids is 2. The lowest BCUT2D eigenvalue weighted by Gasteiger charge is -2.07. The predicted molar refractivity (Wildman–Crippen MR) is 66.3 cm³/mol. The molecule has 0 aromatic heterocycles. The van der Waals surface area contributed by atoms with Crippen molar-refractivity contribution in [2.24, 2.45) is 0 Å². The van der Waals surface area contributed by atoms with E-state index >= 15 is 0 Å². The van der Waals surface area contributed by atoms with Crippen LogP contribution in [0, 0.1) is 0 Å². The summed E-state index contributed by atoms with van der Waals surface area (Å²) in [4.78, 5) is 24.1. The molecule has 1 aromatic carbocycles. The molecule has 18 heavy (non-hydrogen) atoms. The highest BCUT2D eigenvalue weighted by molar-refractivity contribution is 6.25. The zero-order valence-corrected chi connectivity index (χ0v) is 9.97. The summed E-state index contributed by atoms with van der Waals surface area (Å²) >= 11 is 0. The Hall–Kier alpha value is -2.16. The van der Waals surface area contributed by atoms with Gasteiger partial charge in [-0.2, -0.15) is 0 Å². The fourth-order valence-electron chi connectivity index (χ4n) is 2.26. The summed E-state index contributed by atoms with van der Waals surface area (Å²) in [6.07, 6.45) is 3.70. The first-order chi connectivity index (χ1) is 8.72. The Morgan fingerprint density at radius 3 is 2.89 bits per heavy atom. The second kappa shape index (κ2) is 3.95. The Labute approximate surface area is 105 Å². The van der Waals surface area contributed by atoms with Crippen LogP contribution >= 0.6 is 0 Å². The van der Waals surface area contributed by atoms with Crippen LogP contribution in [0.3, 0.4) is 0 Å². The summed E-state index contributed by atoms with van der Waals surface area (Å²) in [6.45, 7) is 2.00. The number of rotatable bonds is 2. The molecule has 0 bridgehead atoms. The monoisotopic (exact) mass is 240 g/mol. The average molecular weight is 240 g/mol. The van der Waals surface area contributed by atoms with Crippen LogP contribution in [0.25, 0.3) is 0 Å². The van der Waals surface area contributed by atoms with Crippen LogP contribution < -0.4 is 0 Å². The third kappa shape index (κ3) is 1.59. The van der Waals surface area contributed by atoms with Crippen LogP contribution in [0.5, 0.6) is 0 Å². The number of fused-ring (bicyclic) bond motifs is 3. The average Bonchev–Trinajstić information content (AvgIpc) is 3.14. The third-order valence-electron chi connectivity index (χ3n) is 3.20. The van der Waals surface area contributed by atoms with E-state index in [9.17, 15) is 9.59 Å². The molecular weight excluding hydrogens is 228 g/mol. The smallest absolute Gasteiger partial charge is 0.342 e. The molecule has 0 saturated heterocycles. The number of Topliss-reactive ketones (excluding diaryl/α,β-unsaturated/α-hetero) is 1. The van der Waals surface area contributed by atoms with E-state index in [1.165, 1.54) is 0 Å². The Morgan fingerprint density at radius 1 is 1.33 bits per heavy atom. The van der Waals surface area contributed by atoms with Gasteiger partial charge in [0.05, 0.1) is 6.61 Å². The second-order valence-corrected chi connectivity index (χ2v) is 4.34. The highest BCUT2D eigenvalue weighted by atomic mass is 16.5. The van der Waals surface area contributed by atoms with Gasteiger partial charge in [-0.3, -0.25) is 4.79 Å². The molecule has 2 aliphatic carbocycles. The van der Waals surface area contributed by atoms with Crippen LogP contribution in [-0.2, 0) is 9.53 Å². The third-order valence-corrected chi connectivity index (χ3v) is 3.20. The Balaban J connectivity index is 2.06. The predicted octanol–water partition coefficient (Wildman–Crippen LogP) is 2.40. The maximum atomic E-state index is 12.3. The number of esters is 1. The zero-order valence-electron chi connectivity index (χ0n) is 9.97. The van der Waals surface area contributed by atoms with Crippen molar-refractivity contribution in [1.82, 2.24) is 0 Å². The molecule has 0 heterocycles. The van der Waals surface area contributed by atoms with Crippen molar-refractivity contribution >= 4 is 11.8 Å². The van der Waals surface area contributed by atoms with Crippen molar-refractivity contribution < 1.29 is 14.3 Å². The number of ether oxygens (including phenoxy) is 1. The normalized spacial score (nSPS) is 20.1. The van der Waals surface area contributed by atoms with E-state index < -0.39 is 5.97 Å². The first-order valence-corrected chi connectivity index (χ1v) is 5.96. The molecule has 0 amide bonds. The lowest BCUT2D eigenvalue weighted by Crippen LogP contribution is -2.16. The van der Waals surface area contributed by atoms with E-state index in [1.54, 1.807) is 19.1 Å². The van der Waals surface area contributed by atoms with Crippen molar-refractivity contribution in [3.8, 4) is 0 Å². The van der Waals surface area contributed by atoms with Gasteiger partial charge < -0.3 is 4.74 Å². The molecule has 1 aromatic rings. The maximum Gasteiger partial charge on any atom is 0.342 e. The molecular formula is C15H12O3. The Morgan fingerprint density at radius 2 is 2.11 bits per heavy atom. The van der Waals surface area contributed by atoms with Crippen molar-refractivity contribution in [3.05, 3.63) is 58.7 Å². The first kappa shape index (κ1) is 11.0. The topological polar surface area (TPSA) is 43.4 Å². The summed E-state index contributed by atoms with van der Waals surface area (Å²) in [6, 6.07) is 7.42. The highest BCUT2D eigenvalue weighted by Gasteiger charge is 2.35. The van der Waals surface area contributed by atoms with Gasteiger partial charge in [-0.15, -0.1) is 0 Å². The number of hydrogen-bond acceptors (Lipinski definition) is 3. The number of carbonyl (C=O) groups is 2. The molecule has 0 N–H and O–H groups in total. The molecule has 0 aliphatic heterocycles. The van der Waals surface area contributed by atoms with Gasteiger partial charge in [0.15, 0.2) is 0 Å². The number of ketones is 1. The van der Waals surface area contributed by atoms with E-state index in [-0.39, 0.29) is 23.9 Å². The lowest BCUT2D eigenvalue weighted by molar-refractivity contribution is -0.138. The molecule has 3 rings (SSSR count). The van der Waals surface area contributed by atoms with Gasteiger partial charge in [0.25, 0.3) is 0 Å². The minimum atomic E-state index is -0.536. The van der Waals surface area contributed by atoms with Gasteiger partial charge in [-0.05, 0) is 24.1 Å². The fourth-order valence-corrected chi connectivity index (χ4v) is 2.26. The number of allylic oxidation sites excluding steroid dienone is 3. The van der Waals surface area contributed by atoms with E-state index in [2.05, 4.69) is 0 Å². The van der Waals surface area contributed by atoms with E-state index in [0.717, 1.165) is 11.1 Å². The van der Waals surface area contributed by atoms with Crippen molar-refractivity contribution in [1.29, 1.82) is 0 Å². The standard InChI is InChI=1S/C15H12O3/c1-2-18-15(17)13-8-9-7-12(9)10-5-3-4-6-11(10)14(13)16/h3-8,12H,2H2,1H3.